The number of rotatable bonds is 5. The van der Waals surface area contributed by atoms with Crippen LogP contribution in [0.3, 0.4) is 0 Å². The van der Waals surface area contributed by atoms with Crippen molar-refractivity contribution in [2.75, 3.05) is 17.8 Å². The van der Waals surface area contributed by atoms with Crippen LogP contribution in [-0.4, -0.2) is 20.9 Å². The molecule has 112 valence electrons. The number of anilines is 1. The number of hydrogen-bond donors (Lipinski definition) is 1. The van der Waals surface area contributed by atoms with Gasteiger partial charge in [0.1, 0.15) is 0 Å². The van der Waals surface area contributed by atoms with Crippen LogP contribution in [0.5, 0.6) is 0 Å². The van der Waals surface area contributed by atoms with E-state index < -0.39 is 9.84 Å². The number of hydrogen-bond acceptors (Lipinski definition) is 4. The molecule has 0 aromatic heterocycles. The summed E-state index contributed by atoms with van der Waals surface area (Å²) < 4.78 is 22.9. The van der Waals surface area contributed by atoms with E-state index in [9.17, 15) is 8.42 Å². The van der Waals surface area contributed by atoms with E-state index in [0.29, 0.717) is 4.90 Å². The number of thioether (sulfide) groups is 1. The Hall–Kier alpha value is -1.46. The first-order valence-corrected chi connectivity index (χ1v) is 9.72. The SMILES string of the molecule is CSc1ccc(NC(C)c2ccc(S(C)(=O)=O)cc2)cc1. The van der Waals surface area contributed by atoms with Crippen LogP contribution in [0.15, 0.2) is 58.3 Å². The van der Waals surface area contributed by atoms with E-state index in [2.05, 4.69) is 24.4 Å². The smallest absolute Gasteiger partial charge is 0.175 e. The molecule has 0 saturated heterocycles. The fourth-order valence-corrected chi connectivity index (χ4v) is 3.06. The van der Waals surface area contributed by atoms with Gasteiger partial charge in [0, 0.05) is 22.9 Å². The van der Waals surface area contributed by atoms with Crippen LogP contribution in [0, 0.1) is 0 Å². The quantitative estimate of drug-likeness (QED) is 0.846. The van der Waals surface area contributed by atoms with Gasteiger partial charge in [-0.15, -0.1) is 11.8 Å². The average Bonchev–Trinajstić information content (AvgIpc) is 2.47. The van der Waals surface area contributed by atoms with E-state index in [0.717, 1.165) is 11.3 Å². The van der Waals surface area contributed by atoms with Crippen LogP contribution in [0.25, 0.3) is 0 Å². The van der Waals surface area contributed by atoms with Gasteiger partial charge in [-0.25, -0.2) is 8.42 Å². The van der Waals surface area contributed by atoms with Crippen LogP contribution in [0.4, 0.5) is 5.69 Å². The molecule has 0 fully saturated rings. The lowest BCUT2D eigenvalue weighted by Gasteiger charge is -2.16. The standard InChI is InChI=1S/C16H19NO2S2/c1-12(17-14-6-8-15(20-2)9-7-14)13-4-10-16(11-5-13)21(3,18)19/h4-12,17H,1-3H3. The third-order valence-corrected chi connectivity index (χ3v) is 5.15. The molecule has 21 heavy (non-hydrogen) atoms. The Labute approximate surface area is 130 Å². The summed E-state index contributed by atoms with van der Waals surface area (Å²) in [5.41, 5.74) is 2.10. The van der Waals surface area contributed by atoms with Crippen LogP contribution < -0.4 is 5.32 Å². The summed E-state index contributed by atoms with van der Waals surface area (Å²) >= 11 is 1.71. The molecule has 1 N–H and O–H groups in total. The zero-order valence-corrected chi connectivity index (χ0v) is 14.0. The van der Waals surface area contributed by atoms with Gasteiger partial charge in [-0.3, -0.25) is 0 Å². The second-order valence-electron chi connectivity index (χ2n) is 4.94. The summed E-state index contributed by atoms with van der Waals surface area (Å²) in [6.07, 6.45) is 3.27. The van der Waals surface area contributed by atoms with E-state index in [1.165, 1.54) is 11.2 Å². The molecule has 2 aromatic carbocycles. The maximum Gasteiger partial charge on any atom is 0.175 e. The predicted octanol–water partition coefficient (Wildman–Crippen LogP) is 3.99. The Balaban J connectivity index is 2.10. The topological polar surface area (TPSA) is 46.2 Å². The third kappa shape index (κ3) is 4.25. The van der Waals surface area contributed by atoms with Crippen molar-refractivity contribution in [2.24, 2.45) is 0 Å². The Morgan fingerprint density at radius 2 is 1.57 bits per heavy atom. The highest BCUT2D eigenvalue weighted by Gasteiger charge is 2.09. The molecule has 0 aliphatic heterocycles. The molecular formula is C16H19NO2S2. The van der Waals surface area contributed by atoms with Gasteiger partial charge in [-0.1, -0.05) is 12.1 Å². The summed E-state index contributed by atoms with van der Waals surface area (Å²) in [5.74, 6) is 0. The van der Waals surface area contributed by atoms with Crippen LogP contribution in [0.2, 0.25) is 0 Å². The molecule has 1 unspecified atom stereocenters. The van der Waals surface area contributed by atoms with Crippen molar-refractivity contribution in [1.29, 1.82) is 0 Å². The Morgan fingerprint density at radius 3 is 2.05 bits per heavy atom. The van der Waals surface area contributed by atoms with Gasteiger partial charge in [0.05, 0.1) is 4.90 Å². The molecule has 0 saturated carbocycles. The zero-order chi connectivity index (χ0) is 15.5. The summed E-state index contributed by atoms with van der Waals surface area (Å²) in [4.78, 5) is 1.58. The number of benzene rings is 2. The van der Waals surface area contributed by atoms with Gasteiger partial charge in [-0.2, -0.15) is 0 Å². The van der Waals surface area contributed by atoms with E-state index in [-0.39, 0.29) is 6.04 Å². The lowest BCUT2D eigenvalue weighted by Crippen LogP contribution is -2.07. The summed E-state index contributed by atoms with van der Waals surface area (Å²) in [7, 11) is -3.13. The Kier molecular flexibility index (Phi) is 4.96. The zero-order valence-electron chi connectivity index (χ0n) is 12.3. The normalized spacial score (nSPS) is 12.9. The highest BCUT2D eigenvalue weighted by Crippen LogP contribution is 2.23. The number of sulfone groups is 1. The molecule has 2 aromatic rings. The van der Waals surface area contributed by atoms with Crippen molar-refractivity contribution in [3.63, 3.8) is 0 Å². The molecule has 1 atom stereocenters. The third-order valence-electron chi connectivity index (χ3n) is 3.28. The van der Waals surface area contributed by atoms with Crippen LogP contribution >= 0.6 is 11.8 Å². The molecule has 0 aliphatic rings. The highest BCUT2D eigenvalue weighted by atomic mass is 32.2. The fraction of sp³-hybridized carbons (Fsp3) is 0.250. The first kappa shape index (κ1) is 15.9. The number of nitrogens with one attached hydrogen (secondary N) is 1. The van der Waals surface area contributed by atoms with Gasteiger partial charge in [-0.05, 0) is 55.1 Å². The van der Waals surface area contributed by atoms with E-state index in [1.54, 1.807) is 23.9 Å². The minimum atomic E-state index is -3.13. The van der Waals surface area contributed by atoms with Gasteiger partial charge in [0.2, 0.25) is 0 Å². The van der Waals surface area contributed by atoms with Crippen molar-refractivity contribution in [2.45, 2.75) is 22.8 Å². The molecular weight excluding hydrogens is 302 g/mol. The lowest BCUT2D eigenvalue weighted by atomic mass is 10.1. The van der Waals surface area contributed by atoms with Gasteiger partial charge >= 0.3 is 0 Å². The Bertz CT molecular complexity index is 692. The first-order chi connectivity index (χ1) is 9.90. The van der Waals surface area contributed by atoms with Gasteiger partial charge in [0.25, 0.3) is 0 Å². The lowest BCUT2D eigenvalue weighted by molar-refractivity contribution is 0.602. The molecule has 0 amide bonds. The first-order valence-electron chi connectivity index (χ1n) is 6.61. The molecule has 0 radical (unpaired) electrons. The molecule has 2 rings (SSSR count). The summed E-state index contributed by atoms with van der Waals surface area (Å²) in [6, 6.07) is 15.4. The summed E-state index contributed by atoms with van der Waals surface area (Å²) in [5, 5.41) is 3.41. The summed E-state index contributed by atoms with van der Waals surface area (Å²) in [6.45, 7) is 2.05. The second kappa shape index (κ2) is 6.54. The fourth-order valence-electron chi connectivity index (χ4n) is 2.02. The predicted molar refractivity (Wildman–Crippen MR) is 89.8 cm³/mol. The van der Waals surface area contributed by atoms with Crippen molar-refractivity contribution in [1.82, 2.24) is 0 Å². The monoisotopic (exact) mass is 321 g/mol. The molecule has 0 bridgehead atoms. The Morgan fingerprint density at radius 1 is 1.00 bits per heavy atom. The largest absolute Gasteiger partial charge is 0.379 e. The maximum atomic E-state index is 11.4. The molecule has 3 nitrogen and oxygen atoms in total. The highest BCUT2D eigenvalue weighted by molar-refractivity contribution is 7.98. The van der Waals surface area contributed by atoms with Crippen molar-refractivity contribution in [3.05, 3.63) is 54.1 Å². The van der Waals surface area contributed by atoms with Crippen molar-refractivity contribution < 1.29 is 8.42 Å². The second-order valence-corrected chi connectivity index (χ2v) is 7.83. The average molecular weight is 321 g/mol. The molecule has 5 heteroatoms. The minimum Gasteiger partial charge on any atom is -0.379 e. The van der Waals surface area contributed by atoms with Crippen molar-refractivity contribution in [3.8, 4) is 0 Å². The van der Waals surface area contributed by atoms with Gasteiger partial charge in [0.15, 0.2) is 9.84 Å². The minimum absolute atomic E-state index is 0.110. The van der Waals surface area contributed by atoms with Crippen LogP contribution in [-0.2, 0) is 9.84 Å². The molecule has 0 aliphatic carbocycles. The van der Waals surface area contributed by atoms with Gasteiger partial charge < -0.3 is 5.32 Å². The van der Waals surface area contributed by atoms with E-state index >= 15 is 0 Å². The van der Waals surface area contributed by atoms with Crippen molar-refractivity contribution >= 4 is 27.3 Å². The van der Waals surface area contributed by atoms with E-state index in [1.807, 2.05) is 30.5 Å². The maximum absolute atomic E-state index is 11.4. The molecule has 0 spiro atoms. The molecule has 0 heterocycles. The van der Waals surface area contributed by atoms with Crippen LogP contribution in [0.1, 0.15) is 18.5 Å². The van der Waals surface area contributed by atoms with E-state index in [4.69, 9.17) is 0 Å².